The van der Waals surface area contributed by atoms with E-state index >= 15 is 0 Å². The van der Waals surface area contributed by atoms with Crippen LogP contribution in [0.1, 0.15) is 54.4 Å². The van der Waals surface area contributed by atoms with E-state index in [4.69, 9.17) is 0 Å². The van der Waals surface area contributed by atoms with Crippen molar-refractivity contribution in [2.24, 2.45) is 5.41 Å². The van der Waals surface area contributed by atoms with Gasteiger partial charge < -0.3 is 0 Å². The molecule has 4 heterocycles. The summed E-state index contributed by atoms with van der Waals surface area (Å²) in [6, 6.07) is 1.68. The fourth-order valence-electron chi connectivity index (χ4n) is 5.17. The molecular weight excluding hydrogens is 308 g/mol. The molecule has 0 unspecified atom stereocenters. The first-order chi connectivity index (χ1) is 11.6. The van der Waals surface area contributed by atoms with Crippen molar-refractivity contribution >= 4 is 0 Å². The van der Waals surface area contributed by atoms with Crippen LogP contribution in [0.4, 0.5) is 0 Å². The Balaban J connectivity index is 1.17. The zero-order valence-corrected chi connectivity index (χ0v) is 17.5. The summed E-state index contributed by atoms with van der Waals surface area (Å²) >= 11 is 0. The maximum absolute atomic E-state index is 2.81. The first-order valence-corrected chi connectivity index (χ1v) is 10.5. The summed E-state index contributed by atoms with van der Waals surface area (Å²) in [5.74, 6) is 0. The second kappa shape index (κ2) is 5.92. The van der Waals surface area contributed by atoms with E-state index in [9.17, 15) is 0 Å². The predicted molar refractivity (Wildman–Crippen MR) is 105 cm³/mol. The molecular formula is C21H40N4. The van der Waals surface area contributed by atoms with Crippen LogP contribution in [0.2, 0.25) is 0 Å². The first kappa shape index (κ1) is 18.2. The lowest BCUT2D eigenvalue weighted by Crippen LogP contribution is -2.73. The van der Waals surface area contributed by atoms with Gasteiger partial charge in [-0.15, -0.1) is 0 Å². The highest BCUT2D eigenvalue weighted by Gasteiger charge is 2.50. The van der Waals surface area contributed by atoms with E-state index in [1.165, 1.54) is 65.2 Å². The molecule has 4 rings (SSSR count). The summed E-state index contributed by atoms with van der Waals surface area (Å²) in [5, 5.41) is 0. The third kappa shape index (κ3) is 3.40. The van der Waals surface area contributed by atoms with Crippen LogP contribution >= 0.6 is 0 Å². The van der Waals surface area contributed by atoms with Crippen molar-refractivity contribution in [1.82, 2.24) is 19.6 Å². The van der Waals surface area contributed by atoms with Gasteiger partial charge in [-0.05, 0) is 72.9 Å². The van der Waals surface area contributed by atoms with E-state index in [2.05, 4.69) is 61.1 Å². The summed E-state index contributed by atoms with van der Waals surface area (Å²) in [6.07, 6.45) is 2.86. The summed E-state index contributed by atoms with van der Waals surface area (Å²) in [7, 11) is 0. The Morgan fingerprint density at radius 1 is 0.640 bits per heavy atom. The van der Waals surface area contributed by atoms with Crippen LogP contribution in [0.3, 0.4) is 0 Å². The molecule has 0 radical (unpaired) electrons. The Morgan fingerprint density at radius 3 is 1.60 bits per heavy atom. The van der Waals surface area contributed by atoms with Gasteiger partial charge in [-0.25, -0.2) is 0 Å². The van der Waals surface area contributed by atoms with Crippen LogP contribution in [0.25, 0.3) is 0 Å². The van der Waals surface area contributed by atoms with Gasteiger partial charge >= 0.3 is 0 Å². The van der Waals surface area contributed by atoms with E-state index < -0.39 is 0 Å². The molecule has 0 aromatic rings. The SMILES string of the molecule is CC(C)(C)N1CC(N2CC(N3CCC4(CC3)CN(C(C)(C)C)C4)C2)C1. The average Bonchev–Trinajstić information content (AvgIpc) is 2.34. The molecule has 4 saturated heterocycles. The van der Waals surface area contributed by atoms with E-state index in [-0.39, 0.29) is 0 Å². The van der Waals surface area contributed by atoms with Crippen molar-refractivity contribution in [1.29, 1.82) is 0 Å². The van der Waals surface area contributed by atoms with Crippen LogP contribution in [-0.4, -0.2) is 95.1 Å². The Morgan fingerprint density at radius 2 is 1.12 bits per heavy atom. The molecule has 4 aliphatic rings. The Kier molecular flexibility index (Phi) is 4.31. The molecule has 1 spiro atoms. The monoisotopic (exact) mass is 348 g/mol. The van der Waals surface area contributed by atoms with Gasteiger partial charge in [-0.3, -0.25) is 19.6 Å². The number of rotatable bonds is 2. The largest absolute Gasteiger partial charge is 0.298 e. The van der Waals surface area contributed by atoms with E-state index in [1.807, 2.05) is 0 Å². The Hall–Kier alpha value is -0.160. The van der Waals surface area contributed by atoms with Gasteiger partial charge in [-0.1, -0.05) is 0 Å². The molecule has 4 aliphatic heterocycles. The molecule has 4 heteroatoms. The zero-order valence-electron chi connectivity index (χ0n) is 17.5. The van der Waals surface area contributed by atoms with E-state index in [0.717, 1.165) is 12.1 Å². The number of hydrogen-bond acceptors (Lipinski definition) is 4. The van der Waals surface area contributed by atoms with Gasteiger partial charge in [0.1, 0.15) is 0 Å². The zero-order chi connectivity index (χ0) is 18.0. The molecule has 0 bridgehead atoms. The van der Waals surface area contributed by atoms with Crippen LogP contribution in [-0.2, 0) is 0 Å². The predicted octanol–water partition coefficient (Wildman–Crippen LogP) is 2.35. The molecule has 0 saturated carbocycles. The molecule has 25 heavy (non-hydrogen) atoms. The van der Waals surface area contributed by atoms with Crippen molar-refractivity contribution in [2.75, 3.05) is 52.4 Å². The number of hydrogen-bond donors (Lipinski definition) is 0. The molecule has 0 aliphatic carbocycles. The molecule has 0 aromatic heterocycles. The third-order valence-corrected chi connectivity index (χ3v) is 7.59. The van der Waals surface area contributed by atoms with E-state index in [0.29, 0.717) is 16.5 Å². The summed E-state index contributed by atoms with van der Waals surface area (Å²) in [4.78, 5) is 10.8. The van der Waals surface area contributed by atoms with Crippen LogP contribution < -0.4 is 0 Å². The van der Waals surface area contributed by atoms with Gasteiger partial charge in [0, 0.05) is 62.4 Å². The quantitative estimate of drug-likeness (QED) is 0.759. The lowest BCUT2D eigenvalue weighted by atomic mass is 9.70. The number of nitrogens with zero attached hydrogens (tertiary/aromatic N) is 4. The second-order valence-electron chi connectivity index (χ2n) is 11.4. The fourth-order valence-corrected chi connectivity index (χ4v) is 5.17. The van der Waals surface area contributed by atoms with Crippen LogP contribution in [0.15, 0.2) is 0 Å². The highest BCUT2D eigenvalue weighted by molar-refractivity contribution is 5.05. The van der Waals surface area contributed by atoms with Crippen molar-refractivity contribution in [3.05, 3.63) is 0 Å². The van der Waals surface area contributed by atoms with Gasteiger partial charge in [0.05, 0.1) is 0 Å². The standard InChI is InChI=1S/C21H40N4/c1-19(2,3)24-13-18(14-24)23-11-17(12-23)22-9-7-21(8-10-22)15-25(16-21)20(4,5)6/h17-18H,7-16H2,1-6H3. The highest BCUT2D eigenvalue weighted by atomic mass is 15.4. The normalized spacial score (nSPS) is 31.0. The fraction of sp³-hybridized carbons (Fsp3) is 1.00. The minimum Gasteiger partial charge on any atom is -0.298 e. The second-order valence-corrected chi connectivity index (χ2v) is 11.4. The number of likely N-dealkylation sites (tertiary alicyclic amines) is 4. The summed E-state index contributed by atoms with van der Waals surface area (Å²) in [5.41, 5.74) is 1.38. The van der Waals surface area contributed by atoms with Crippen molar-refractivity contribution in [3.8, 4) is 0 Å². The Labute approximate surface area is 155 Å². The van der Waals surface area contributed by atoms with Gasteiger partial charge in [0.25, 0.3) is 0 Å². The molecule has 0 N–H and O–H groups in total. The maximum atomic E-state index is 2.81. The van der Waals surface area contributed by atoms with Crippen LogP contribution in [0, 0.1) is 5.41 Å². The minimum atomic E-state index is 0.353. The van der Waals surface area contributed by atoms with E-state index in [1.54, 1.807) is 0 Å². The lowest BCUT2D eigenvalue weighted by Gasteiger charge is -2.61. The Bertz CT molecular complexity index is 475. The molecule has 4 fully saturated rings. The highest BCUT2D eigenvalue weighted by Crippen LogP contribution is 2.44. The smallest absolute Gasteiger partial charge is 0.0352 e. The lowest BCUT2D eigenvalue weighted by molar-refractivity contribution is -0.116. The topological polar surface area (TPSA) is 13.0 Å². The molecule has 0 amide bonds. The molecule has 144 valence electrons. The molecule has 4 nitrogen and oxygen atoms in total. The first-order valence-electron chi connectivity index (χ1n) is 10.5. The average molecular weight is 349 g/mol. The van der Waals surface area contributed by atoms with Crippen molar-refractivity contribution < 1.29 is 0 Å². The van der Waals surface area contributed by atoms with Gasteiger partial charge in [0.15, 0.2) is 0 Å². The number of piperidine rings is 1. The third-order valence-electron chi connectivity index (χ3n) is 7.59. The maximum Gasteiger partial charge on any atom is 0.0352 e. The minimum absolute atomic E-state index is 0.353. The molecule has 0 aromatic carbocycles. The summed E-state index contributed by atoms with van der Waals surface area (Å²) < 4.78 is 0. The summed E-state index contributed by atoms with van der Waals surface area (Å²) in [6.45, 7) is 24.7. The van der Waals surface area contributed by atoms with Crippen molar-refractivity contribution in [2.45, 2.75) is 77.5 Å². The van der Waals surface area contributed by atoms with Gasteiger partial charge in [0.2, 0.25) is 0 Å². The van der Waals surface area contributed by atoms with Crippen molar-refractivity contribution in [3.63, 3.8) is 0 Å². The van der Waals surface area contributed by atoms with Crippen LogP contribution in [0.5, 0.6) is 0 Å². The molecule has 0 atom stereocenters. The van der Waals surface area contributed by atoms with Gasteiger partial charge in [-0.2, -0.15) is 0 Å².